The van der Waals surface area contributed by atoms with E-state index in [1.807, 2.05) is 46.6 Å². The molecule has 4 rings (SSSR count). The first-order valence-corrected chi connectivity index (χ1v) is 16.3. The van der Waals surface area contributed by atoms with Crippen molar-refractivity contribution in [2.24, 2.45) is 16.7 Å². The van der Waals surface area contributed by atoms with Gasteiger partial charge in [-0.1, -0.05) is 39.3 Å². The van der Waals surface area contributed by atoms with E-state index in [-0.39, 0.29) is 30.1 Å². The molecule has 17 nitrogen and oxygen atoms in total. The minimum absolute atomic E-state index is 0.0267. The van der Waals surface area contributed by atoms with E-state index in [1.165, 1.54) is 0 Å². The molecule has 2 aromatic heterocycles. The van der Waals surface area contributed by atoms with Crippen LogP contribution >= 0.6 is 0 Å². The molecular weight excluding hydrogens is 654 g/mol. The normalized spacial score (nSPS) is 10.9. The van der Waals surface area contributed by atoms with Gasteiger partial charge in [0, 0.05) is 37.5 Å². The van der Waals surface area contributed by atoms with Crippen LogP contribution in [0.3, 0.4) is 0 Å². The summed E-state index contributed by atoms with van der Waals surface area (Å²) >= 11 is 0. The molecule has 0 fully saturated rings. The Hall–Kier alpha value is -5.94. The van der Waals surface area contributed by atoms with Crippen molar-refractivity contribution < 1.29 is 19.5 Å². The number of aliphatic hydroxyl groups is 1. The lowest BCUT2D eigenvalue weighted by molar-refractivity contribution is -0.109. The minimum Gasteiger partial charge on any atom is -0.400 e. The molecule has 0 aliphatic rings. The van der Waals surface area contributed by atoms with Gasteiger partial charge in [-0.3, -0.25) is 9.59 Å². The van der Waals surface area contributed by atoms with Gasteiger partial charge in [-0.25, -0.2) is 21.3 Å². The summed E-state index contributed by atoms with van der Waals surface area (Å²) in [4.78, 5) is 56.0. The summed E-state index contributed by atoms with van der Waals surface area (Å²) in [5.41, 5.74) is 23.8. The summed E-state index contributed by atoms with van der Waals surface area (Å²) in [6.45, 7) is 10.5. The highest BCUT2D eigenvalue weighted by molar-refractivity contribution is 6.08. The Bertz CT molecular complexity index is 1730. The van der Waals surface area contributed by atoms with Crippen LogP contribution in [0.1, 0.15) is 78.1 Å². The summed E-state index contributed by atoms with van der Waals surface area (Å²) in [7, 11) is 2.87. The molecule has 0 aliphatic carbocycles. The fourth-order valence-corrected chi connectivity index (χ4v) is 4.50. The zero-order valence-corrected chi connectivity index (χ0v) is 30.3. The predicted octanol–water partition coefficient (Wildman–Crippen LogP) is 1.78. The number of anilines is 3. The van der Waals surface area contributed by atoms with E-state index in [0.717, 1.165) is 18.4 Å². The van der Waals surface area contributed by atoms with Crippen LogP contribution in [-0.4, -0.2) is 75.7 Å². The molecular formula is C34H51N13O4. The van der Waals surface area contributed by atoms with Gasteiger partial charge in [-0.05, 0) is 56.2 Å². The topological polar surface area (TPSA) is 279 Å². The first kappa shape index (κ1) is 43.1. The molecule has 1 atom stereocenters. The smallest absolute Gasteiger partial charge is 0.252 e. The van der Waals surface area contributed by atoms with Crippen molar-refractivity contribution in [3.05, 3.63) is 76.6 Å². The molecule has 12 N–H and O–H groups in total. The second kappa shape index (κ2) is 22.6. The van der Waals surface area contributed by atoms with Gasteiger partial charge < -0.3 is 42.6 Å². The van der Waals surface area contributed by atoms with E-state index in [4.69, 9.17) is 28.2 Å². The second-order valence-electron chi connectivity index (χ2n) is 10.2. The molecule has 4 aromatic rings. The SMILES string of the molecule is CC.CC.CO.Cc1ccc(C(=O)NCCCC(C=O)NC(=O)c2ccc(N(C)Cc3cnc4nc(N)nc(N)c4n3)cc2)c(/C(N)=N/NN)c1. The molecule has 1 unspecified atom stereocenters. The van der Waals surface area contributed by atoms with Crippen LogP contribution in [-0.2, 0) is 11.3 Å². The van der Waals surface area contributed by atoms with Crippen molar-refractivity contribution in [3.8, 4) is 0 Å². The van der Waals surface area contributed by atoms with Crippen LogP contribution in [0.15, 0.2) is 53.8 Å². The number of hydrazone groups is 1. The van der Waals surface area contributed by atoms with Crippen molar-refractivity contribution in [2.75, 3.05) is 37.1 Å². The van der Waals surface area contributed by atoms with Gasteiger partial charge in [-0.2, -0.15) is 9.97 Å². The number of aryl methyl sites for hydroxylation is 1. The van der Waals surface area contributed by atoms with Gasteiger partial charge in [0.15, 0.2) is 22.8 Å². The zero-order chi connectivity index (χ0) is 38.5. The first-order valence-electron chi connectivity index (χ1n) is 16.3. The van der Waals surface area contributed by atoms with Crippen LogP contribution in [0.25, 0.3) is 11.2 Å². The molecule has 2 aromatic carbocycles. The number of amidine groups is 1. The molecule has 0 bridgehead atoms. The number of rotatable bonds is 13. The number of nitrogens with zero attached hydrogens (tertiary/aromatic N) is 6. The number of carbonyl (C=O) groups excluding carboxylic acids is 3. The molecule has 51 heavy (non-hydrogen) atoms. The third-order valence-corrected chi connectivity index (χ3v) is 6.81. The Morgan fingerprint density at radius 2 is 1.65 bits per heavy atom. The van der Waals surface area contributed by atoms with E-state index in [1.54, 1.807) is 48.7 Å². The van der Waals surface area contributed by atoms with E-state index in [0.29, 0.717) is 59.2 Å². The molecule has 0 saturated heterocycles. The molecule has 2 amide bonds. The molecule has 0 spiro atoms. The average molecular weight is 706 g/mol. The number of nitrogens with one attached hydrogen (secondary N) is 3. The number of amides is 2. The Kier molecular flexibility index (Phi) is 19.1. The van der Waals surface area contributed by atoms with Crippen molar-refractivity contribution in [3.63, 3.8) is 0 Å². The summed E-state index contributed by atoms with van der Waals surface area (Å²) in [6, 6.07) is 11.3. The third kappa shape index (κ3) is 12.8. The maximum atomic E-state index is 12.8. The summed E-state index contributed by atoms with van der Waals surface area (Å²) in [6.07, 6.45) is 3.03. The second-order valence-corrected chi connectivity index (χ2v) is 10.2. The van der Waals surface area contributed by atoms with Crippen LogP contribution in [0, 0.1) is 6.92 Å². The van der Waals surface area contributed by atoms with Crippen molar-refractivity contribution in [1.29, 1.82) is 0 Å². The summed E-state index contributed by atoms with van der Waals surface area (Å²) < 4.78 is 0. The molecule has 2 heterocycles. The quantitative estimate of drug-likeness (QED) is 0.0246. The highest BCUT2D eigenvalue weighted by Gasteiger charge is 2.17. The standard InChI is InChI=1S/C29H35N13O3.2C2H6.CH4O/c1-16-5-10-21(22(12-16)24(30)40-41-33)28(45)34-11-3-4-18(15-43)37-27(44)17-6-8-20(9-7-17)42(2)14-19-13-35-26-23(36-19)25(31)38-29(32)39-26;3*1-2/h5-10,12-13,15,18,41H,3-4,11,14,33H2,1-2H3,(H2,30,40)(H,34,45)(H,37,44)(H4,31,32,35,38,39);2*1-2H3;2H,1H3. The number of aliphatic hydroxyl groups excluding tert-OH is 1. The molecule has 276 valence electrons. The Morgan fingerprint density at radius 1 is 0.980 bits per heavy atom. The van der Waals surface area contributed by atoms with Gasteiger partial charge in [0.25, 0.3) is 11.8 Å². The lowest BCUT2D eigenvalue weighted by atomic mass is 10.0. The van der Waals surface area contributed by atoms with Gasteiger partial charge in [0.1, 0.15) is 6.29 Å². The number of aromatic nitrogens is 4. The lowest BCUT2D eigenvalue weighted by Crippen LogP contribution is -2.37. The van der Waals surface area contributed by atoms with E-state index in [9.17, 15) is 14.4 Å². The fourth-order valence-electron chi connectivity index (χ4n) is 4.50. The minimum atomic E-state index is -0.733. The van der Waals surface area contributed by atoms with Crippen molar-refractivity contribution in [2.45, 2.75) is 60.0 Å². The van der Waals surface area contributed by atoms with E-state index >= 15 is 0 Å². The number of hydrogen-bond donors (Lipinski definition) is 8. The average Bonchev–Trinajstić information content (AvgIpc) is 3.15. The number of fused-ring (bicyclic) bond motifs is 1. The maximum Gasteiger partial charge on any atom is 0.252 e. The van der Waals surface area contributed by atoms with Crippen LogP contribution in [0.2, 0.25) is 0 Å². The zero-order valence-electron chi connectivity index (χ0n) is 30.3. The Labute approximate surface area is 298 Å². The van der Waals surface area contributed by atoms with Gasteiger partial charge in [0.05, 0.1) is 30.0 Å². The number of aldehydes is 1. The Morgan fingerprint density at radius 3 is 2.27 bits per heavy atom. The summed E-state index contributed by atoms with van der Waals surface area (Å²) in [5, 5.41) is 16.3. The van der Waals surface area contributed by atoms with E-state index in [2.05, 4.69) is 41.2 Å². The highest BCUT2D eigenvalue weighted by atomic mass is 16.2. The first-order chi connectivity index (χ1) is 24.6. The monoisotopic (exact) mass is 705 g/mol. The van der Waals surface area contributed by atoms with Crippen molar-refractivity contribution >= 4 is 52.6 Å². The van der Waals surface area contributed by atoms with E-state index < -0.39 is 11.9 Å². The van der Waals surface area contributed by atoms with Crippen LogP contribution in [0.4, 0.5) is 17.5 Å². The number of nitrogen functional groups attached to an aromatic ring is 2. The fraction of sp³-hybridized carbons (Fsp3) is 0.353. The number of benzene rings is 2. The third-order valence-electron chi connectivity index (χ3n) is 6.81. The van der Waals surface area contributed by atoms with Gasteiger partial charge in [0.2, 0.25) is 5.95 Å². The maximum absolute atomic E-state index is 12.8. The number of hydrogen-bond acceptors (Lipinski definition) is 14. The van der Waals surface area contributed by atoms with Gasteiger partial charge >= 0.3 is 0 Å². The van der Waals surface area contributed by atoms with Crippen LogP contribution in [0.5, 0.6) is 0 Å². The number of nitrogens with two attached hydrogens (primary N) is 4. The van der Waals surface area contributed by atoms with Crippen molar-refractivity contribution in [1.82, 2.24) is 36.1 Å². The Balaban J connectivity index is 0.00000206. The molecule has 0 aliphatic heterocycles. The predicted molar refractivity (Wildman–Crippen MR) is 201 cm³/mol. The van der Waals surface area contributed by atoms with Gasteiger partial charge in [-0.15, -0.1) is 5.10 Å². The number of carbonyl (C=O) groups is 3. The molecule has 0 saturated carbocycles. The van der Waals surface area contributed by atoms with Crippen LogP contribution < -0.4 is 44.1 Å². The largest absolute Gasteiger partial charge is 0.400 e. The number of hydrazine groups is 1. The lowest BCUT2D eigenvalue weighted by Gasteiger charge is -2.19. The highest BCUT2D eigenvalue weighted by Crippen LogP contribution is 2.19. The molecule has 0 radical (unpaired) electrons. The molecule has 17 heteroatoms. The summed E-state index contributed by atoms with van der Waals surface area (Å²) in [5.74, 6) is 4.71.